The van der Waals surface area contributed by atoms with Crippen LogP contribution >= 0.6 is 0 Å². The van der Waals surface area contributed by atoms with E-state index in [2.05, 4.69) is 11.9 Å². The fraction of sp³-hybridized carbons (Fsp3) is 0.471. The molecular formula is C17H26N2O. The standard InChI is InChI=1S/C17H26N2O/c1-6-13-19(17(2,3)4)16(20)15-10-8-7-9-14(15)11-12-18-5/h6-10,18H,1,11-13H2,2-5H3. The number of nitrogens with zero attached hydrogens (tertiary/aromatic N) is 1. The van der Waals surface area contributed by atoms with Crippen LogP contribution in [0.3, 0.4) is 0 Å². The highest BCUT2D eigenvalue weighted by Crippen LogP contribution is 2.19. The molecule has 0 radical (unpaired) electrons. The lowest BCUT2D eigenvalue weighted by molar-refractivity contribution is 0.0615. The number of carbonyl (C=O) groups is 1. The van der Waals surface area contributed by atoms with Crippen LogP contribution in [-0.2, 0) is 6.42 Å². The minimum Gasteiger partial charge on any atom is -0.330 e. The molecule has 0 saturated carbocycles. The van der Waals surface area contributed by atoms with Crippen molar-refractivity contribution in [1.82, 2.24) is 10.2 Å². The van der Waals surface area contributed by atoms with Crippen LogP contribution in [0.4, 0.5) is 0 Å². The van der Waals surface area contributed by atoms with Crippen molar-refractivity contribution < 1.29 is 4.79 Å². The third-order valence-electron chi connectivity index (χ3n) is 3.26. The molecule has 0 aromatic heterocycles. The maximum atomic E-state index is 12.8. The fourth-order valence-corrected chi connectivity index (χ4v) is 2.14. The lowest BCUT2D eigenvalue weighted by atomic mass is 9.99. The third-order valence-corrected chi connectivity index (χ3v) is 3.26. The molecule has 0 spiro atoms. The molecule has 20 heavy (non-hydrogen) atoms. The summed E-state index contributed by atoms with van der Waals surface area (Å²) in [6.07, 6.45) is 2.63. The summed E-state index contributed by atoms with van der Waals surface area (Å²) in [5.41, 5.74) is 1.66. The molecule has 0 fully saturated rings. The molecule has 0 saturated heterocycles. The summed E-state index contributed by atoms with van der Waals surface area (Å²) in [4.78, 5) is 14.7. The molecule has 0 aliphatic rings. The molecule has 1 N–H and O–H groups in total. The predicted molar refractivity (Wildman–Crippen MR) is 85.1 cm³/mol. The Balaban J connectivity index is 3.08. The number of carbonyl (C=O) groups excluding carboxylic acids is 1. The first-order valence-corrected chi connectivity index (χ1v) is 7.07. The maximum Gasteiger partial charge on any atom is 0.254 e. The highest BCUT2D eigenvalue weighted by atomic mass is 16.2. The molecule has 110 valence electrons. The van der Waals surface area contributed by atoms with E-state index in [1.54, 1.807) is 6.08 Å². The van der Waals surface area contributed by atoms with Crippen LogP contribution in [0.2, 0.25) is 0 Å². The number of benzene rings is 1. The SMILES string of the molecule is C=CCN(C(=O)c1ccccc1CCNC)C(C)(C)C. The molecular weight excluding hydrogens is 248 g/mol. The Morgan fingerprint density at radius 1 is 1.35 bits per heavy atom. The van der Waals surface area contributed by atoms with Gasteiger partial charge in [-0.2, -0.15) is 0 Å². The van der Waals surface area contributed by atoms with Gasteiger partial charge in [-0.1, -0.05) is 24.3 Å². The average molecular weight is 274 g/mol. The van der Waals surface area contributed by atoms with E-state index in [0.29, 0.717) is 6.54 Å². The Hall–Kier alpha value is -1.61. The van der Waals surface area contributed by atoms with E-state index in [9.17, 15) is 4.79 Å². The minimum atomic E-state index is -0.221. The number of amides is 1. The molecule has 1 amide bonds. The Kier molecular flexibility index (Phi) is 5.96. The van der Waals surface area contributed by atoms with Crippen LogP contribution in [0.5, 0.6) is 0 Å². The van der Waals surface area contributed by atoms with Crippen molar-refractivity contribution in [3.8, 4) is 0 Å². The van der Waals surface area contributed by atoms with Crippen molar-refractivity contribution in [2.24, 2.45) is 0 Å². The Labute approximate surface area is 122 Å². The van der Waals surface area contributed by atoms with Crippen molar-refractivity contribution in [1.29, 1.82) is 0 Å². The summed E-state index contributed by atoms with van der Waals surface area (Å²) >= 11 is 0. The lowest BCUT2D eigenvalue weighted by Crippen LogP contribution is -2.46. The summed E-state index contributed by atoms with van der Waals surface area (Å²) in [6.45, 7) is 11.3. The second-order valence-corrected chi connectivity index (χ2v) is 5.89. The van der Waals surface area contributed by atoms with E-state index in [0.717, 1.165) is 24.1 Å². The van der Waals surface area contributed by atoms with Gasteiger partial charge in [-0.3, -0.25) is 4.79 Å². The van der Waals surface area contributed by atoms with Crippen molar-refractivity contribution in [3.63, 3.8) is 0 Å². The van der Waals surface area contributed by atoms with Gasteiger partial charge in [0.15, 0.2) is 0 Å². The maximum absolute atomic E-state index is 12.8. The molecule has 0 heterocycles. The molecule has 3 nitrogen and oxygen atoms in total. The van der Waals surface area contributed by atoms with E-state index in [4.69, 9.17) is 0 Å². The molecule has 1 aromatic carbocycles. The molecule has 0 atom stereocenters. The Bertz CT molecular complexity index is 460. The zero-order valence-corrected chi connectivity index (χ0v) is 13.1. The van der Waals surface area contributed by atoms with Crippen LogP contribution in [0, 0.1) is 0 Å². The predicted octanol–water partition coefficient (Wildman–Crippen LogP) is 2.88. The fourth-order valence-electron chi connectivity index (χ4n) is 2.14. The quantitative estimate of drug-likeness (QED) is 0.809. The van der Waals surface area contributed by atoms with Gasteiger partial charge in [0.2, 0.25) is 0 Å². The smallest absolute Gasteiger partial charge is 0.254 e. The van der Waals surface area contributed by atoms with Crippen LogP contribution in [0.15, 0.2) is 36.9 Å². The van der Waals surface area contributed by atoms with Gasteiger partial charge in [-0.25, -0.2) is 0 Å². The average Bonchev–Trinajstić information content (AvgIpc) is 2.41. The zero-order valence-electron chi connectivity index (χ0n) is 13.1. The molecule has 3 heteroatoms. The summed E-state index contributed by atoms with van der Waals surface area (Å²) in [5.74, 6) is 0.0732. The van der Waals surface area contributed by atoms with E-state index in [1.165, 1.54) is 0 Å². The van der Waals surface area contributed by atoms with Crippen molar-refractivity contribution in [3.05, 3.63) is 48.0 Å². The van der Waals surface area contributed by atoms with Crippen LogP contribution < -0.4 is 5.32 Å². The normalized spacial score (nSPS) is 11.2. The summed E-state index contributed by atoms with van der Waals surface area (Å²) < 4.78 is 0. The number of hydrogen-bond donors (Lipinski definition) is 1. The van der Waals surface area contributed by atoms with Crippen LogP contribution in [-0.4, -0.2) is 36.5 Å². The van der Waals surface area contributed by atoms with E-state index in [1.807, 2.05) is 57.0 Å². The largest absolute Gasteiger partial charge is 0.330 e. The van der Waals surface area contributed by atoms with E-state index >= 15 is 0 Å². The molecule has 1 rings (SSSR count). The molecule has 0 aliphatic carbocycles. The van der Waals surface area contributed by atoms with Crippen molar-refractivity contribution in [2.45, 2.75) is 32.7 Å². The minimum absolute atomic E-state index is 0.0732. The monoisotopic (exact) mass is 274 g/mol. The second-order valence-electron chi connectivity index (χ2n) is 5.89. The van der Waals surface area contributed by atoms with Gasteiger partial charge in [0.1, 0.15) is 0 Å². The summed E-state index contributed by atoms with van der Waals surface area (Å²) in [7, 11) is 1.92. The Morgan fingerprint density at radius 2 is 2.00 bits per heavy atom. The van der Waals surface area contributed by atoms with Crippen LogP contribution in [0.25, 0.3) is 0 Å². The van der Waals surface area contributed by atoms with Gasteiger partial charge in [-0.05, 0) is 52.4 Å². The highest BCUT2D eigenvalue weighted by molar-refractivity contribution is 5.96. The van der Waals surface area contributed by atoms with Gasteiger partial charge in [0, 0.05) is 17.6 Å². The molecule has 1 aromatic rings. The first kappa shape index (κ1) is 16.4. The van der Waals surface area contributed by atoms with Crippen LogP contribution in [0.1, 0.15) is 36.7 Å². The summed E-state index contributed by atoms with van der Waals surface area (Å²) in [5, 5.41) is 3.13. The second kappa shape index (κ2) is 7.25. The van der Waals surface area contributed by atoms with Crippen molar-refractivity contribution >= 4 is 5.91 Å². The van der Waals surface area contributed by atoms with E-state index < -0.39 is 0 Å². The van der Waals surface area contributed by atoms with Gasteiger partial charge in [0.25, 0.3) is 5.91 Å². The number of rotatable bonds is 6. The van der Waals surface area contributed by atoms with Gasteiger partial charge < -0.3 is 10.2 Å². The van der Waals surface area contributed by atoms with Gasteiger partial charge in [0.05, 0.1) is 0 Å². The van der Waals surface area contributed by atoms with E-state index in [-0.39, 0.29) is 11.4 Å². The first-order chi connectivity index (χ1) is 9.41. The number of hydrogen-bond acceptors (Lipinski definition) is 2. The Morgan fingerprint density at radius 3 is 2.55 bits per heavy atom. The van der Waals surface area contributed by atoms with Gasteiger partial charge >= 0.3 is 0 Å². The summed E-state index contributed by atoms with van der Waals surface area (Å²) in [6, 6.07) is 7.84. The molecule has 0 aliphatic heterocycles. The third kappa shape index (κ3) is 4.20. The highest BCUT2D eigenvalue weighted by Gasteiger charge is 2.27. The topological polar surface area (TPSA) is 32.3 Å². The van der Waals surface area contributed by atoms with Gasteiger partial charge in [-0.15, -0.1) is 6.58 Å². The van der Waals surface area contributed by atoms with Crippen molar-refractivity contribution in [2.75, 3.05) is 20.1 Å². The lowest BCUT2D eigenvalue weighted by Gasteiger charge is -2.35. The molecule has 0 bridgehead atoms. The number of likely N-dealkylation sites (N-methyl/N-ethyl adjacent to an activating group) is 1. The first-order valence-electron chi connectivity index (χ1n) is 7.07. The number of nitrogens with one attached hydrogen (secondary N) is 1. The zero-order chi connectivity index (χ0) is 15.2. The molecule has 0 unspecified atom stereocenters.